The van der Waals surface area contributed by atoms with E-state index in [1.807, 2.05) is 13.8 Å². The van der Waals surface area contributed by atoms with Gasteiger partial charge < -0.3 is 10.2 Å². The molecule has 1 aliphatic rings. The number of hydrogen-bond acceptors (Lipinski definition) is 7. The van der Waals surface area contributed by atoms with Crippen LogP contribution in [-0.2, 0) is 4.79 Å². The Hall–Kier alpha value is -5.45. The highest BCUT2D eigenvalue weighted by Crippen LogP contribution is 2.40. The van der Waals surface area contributed by atoms with Crippen LogP contribution < -0.4 is 5.32 Å². The number of benzene rings is 3. The Balaban J connectivity index is 1.49. The predicted molar refractivity (Wildman–Crippen MR) is 148 cm³/mol. The molecule has 0 radical (unpaired) electrons. The third-order valence-corrected chi connectivity index (χ3v) is 6.66. The Labute approximate surface area is 228 Å². The van der Waals surface area contributed by atoms with Gasteiger partial charge in [-0.3, -0.25) is 24.5 Å². The molecule has 5 rings (SSSR count). The van der Waals surface area contributed by atoms with Crippen molar-refractivity contribution in [3.8, 4) is 11.1 Å². The number of fused-ring (bicyclic) bond motifs is 3. The molecule has 0 aliphatic heterocycles. The first-order valence-corrected chi connectivity index (χ1v) is 12.6. The molecular formula is C29H24N6O5. The number of nitrogens with zero attached hydrogens (tertiary/aromatic N) is 5. The maximum Gasteiger partial charge on any atom is 0.274 e. The number of nitro groups is 1. The minimum absolute atomic E-state index is 0.0558. The highest BCUT2D eigenvalue weighted by Gasteiger charge is 2.32. The third kappa shape index (κ3) is 4.75. The Morgan fingerprint density at radius 1 is 1.02 bits per heavy atom. The molecule has 0 saturated heterocycles. The smallest absolute Gasteiger partial charge is 0.274 e. The molecule has 1 aromatic heterocycles. The van der Waals surface area contributed by atoms with E-state index >= 15 is 0 Å². The molecule has 1 heterocycles. The number of nitro benzene ring substituents is 1. The zero-order valence-corrected chi connectivity index (χ0v) is 21.7. The molecule has 0 saturated carbocycles. The molecule has 1 N–H and O–H groups in total. The quantitative estimate of drug-likeness (QED) is 0.175. The highest BCUT2D eigenvalue weighted by atomic mass is 16.6. The summed E-state index contributed by atoms with van der Waals surface area (Å²) in [4.78, 5) is 56.2. The SMILES string of the molecule is CCN(CC)C(=O)c1cccc2c1-c1ccc(NC(=O)/C(=C/c3cccc([N+](=O)[O-])c3)n3cncn3)cc1C2=O. The van der Waals surface area contributed by atoms with E-state index in [1.165, 1.54) is 41.6 Å². The van der Waals surface area contributed by atoms with Crippen molar-refractivity contribution in [1.82, 2.24) is 19.7 Å². The third-order valence-electron chi connectivity index (χ3n) is 6.66. The van der Waals surface area contributed by atoms with E-state index < -0.39 is 10.8 Å². The van der Waals surface area contributed by atoms with E-state index in [0.29, 0.717) is 52.2 Å². The second kappa shape index (κ2) is 10.7. The van der Waals surface area contributed by atoms with Crippen molar-refractivity contribution >= 4 is 40.7 Å². The predicted octanol–water partition coefficient (Wildman–Crippen LogP) is 4.52. The fourth-order valence-corrected chi connectivity index (χ4v) is 4.71. The van der Waals surface area contributed by atoms with Crippen molar-refractivity contribution in [3.05, 3.63) is 106 Å². The van der Waals surface area contributed by atoms with Gasteiger partial charge in [0.15, 0.2) is 5.78 Å². The lowest BCUT2D eigenvalue weighted by Crippen LogP contribution is -2.30. The summed E-state index contributed by atoms with van der Waals surface area (Å²) in [5.74, 6) is -0.958. The van der Waals surface area contributed by atoms with Gasteiger partial charge in [0, 0.05) is 53.2 Å². The van der Waals surface area contributed by atoms with Gasteiger partial charge in [-0.1, -0.05) is 30.3 Å². The molecule has 4 aromatic rings. The Kier molecular flexibility index (Phi) is 7.02. The molecule has 1 aliphatic carbocycles. The summed E-state index contributed by atoms with van der Waals surface area (Å²) in [5, 5.41) is 18.0. The van der Waals surface area contributed by atoms with Crippen molar-refractivity contribution in [1.29, 1.82) is 0 Å². The van der Waals surface area contributed by atoms with Crippen molar-refractivity contribution in [3.63, 3.8) is 0 Å². The number of amides is 2. The van der Waals surface area contributed by atoms with Crippen molar-refractivity contribution in [2.45, 2.75) is 13.8 Å². The van der Waals surface area contributed by atoms with Crippen LogP contribution in [0.2, 0.25) is 0 Å². The minimum atomic E-state index is -0.572. The van der Waals surface area contributed by atoms with Crippen LogP contribution in [0.1, 0.15) is 45.7 Å². The van der Waals surface area contributed by atoms with Gasteiger partial charge in [0.25, 0.3) is 17.5 Å². The normalized spacial score (nSPS) is 12.1. The number of rotatable bonds is 8. The van der Waals surface area contributed by atoms with Crippen molar-refractivity contribution < 1.29 is 19.3 Å². The molecule has 11 heteroatoms. The van der Waals surface area contributed by atoms with Gasteiger partial charge >= 0.3 is 0 Å². The number of aromatic nitrogens is 3. The number of ketones is 1. The van der Waals surface area contributed by atoms with E-state index in [4.69, 9.17) is 0 Å². The van der Waals surface area contributed by atoms with Gasteiger partial charge in [-0.25, -0.2) is 9.67 Å². The average molecular weight is 537 g/mol. The number of anilines is 1. The standard InChI is InChI=1S/C29H24N6O5/c1-3-33(4-2)29(38)23-10-6-9-22-26(23)21-12-11-19(15-24(21)27(22)36)32-28(37)25(34-17-30-16-31-34)14-18-7-5-8-20(13-18)35(39)40/h5-17H,3-4H2,1-2H3,(H,32,37)/b25-14-. The molecule has 0 fully saturated rings. The first kappa shape index (κ1) is 26.2. The summed E-state index contributed by atoms with van der Waals surface area (Å²) < 4.78 is 1.24. The lowest BCUT2D eigenvalue weighted by atomic mass is 9.98. The zero-order valence-electron chi connectivity index (χ0n) is 21.7. The van der Waals surface area contributed by atoms with Gasteiger partial charge in [-0.05, 0) is 49.2 Å². The number of nitrogens with one attached hydrogen (secondary N) is 1. The fourth-order valence-electron chi connectivity index (χ4n) is 4.71. The first-order valence-electron chi connectivity index (χ1n) is 12.6. The first-order chi connectivity index (χ1) is 19.3. The summed E-state index contributed by atoms with van der Waals surface area (Å²) in [7, 11) is 0. The van der Waals surface area contributed by atoms with Gasteiger partial charge in [0.2, 0.25) is 0 Å². The lowest BCUT2D eigenvalue weighted by Gasteiger charge is -2.20. The summed E-state index contributed by atoms with van der Waals surface area (Å²) in [6, 6.07) is 15.9. The fraction of sp³-hybridized carbons (Fsp3) is 0.138. The van der Waals surface area contributed by atoms with Crippen LogP contribution in [0.25, 0.3) is 22.9 Å². The number of carbonyl (C=O) groups excluding carboxylic acids is 3. The van der Waals surface area contributed by atoms with Crippen LogP contribution in [0, 0.1) is 10.1 Å². The van der Waals surface area contributed by atoms with Gasteiger partial charge in [-0.2, -0.15) is 5.10 Å². The van der Waals surface area contributed by atoms with E-state index in [9.17, 15) is 24.5 Å². The summed E-state index contributed by atoms with van der Waals surface area (Å²) in [6.07, 6.45) is 4.05. The molecule has 0 bridgehead atoms. The lowest BCUT2D eigenvalue weighted by molar-refractivity contribution is -0.384. The summed E-state index contributed by atoms with van der Waals surface area (Å²) in [6.45, 7) is 4.89. The number of carbonyl (C=O) groups is 3. The molecule has 0 spiro atoms. The molecule has 2 amide bonds. The van der Waals surface area contributed by atoms with Gasteiger partial charge in [0.1, 0.15) is 18.4 Å². The molecule has 11 nitrogen and oxygen atoms in total. The number of hydrogen-bond donors (Lipinski definition) is 1. The topological polar surface area (TPSA) is 140 Å². The maximum absolute atomic E-state index is 13.4. The largest absolute Gasteiger partial charge is 0.339 e. The van der Waals surface area contributed by atoms with E-state index in [-0.39, 0.29) is 23.1 Å². The highest BCUT2D eigenvalue weighted by molar-refractivity contribution is 6.26. The summed E-state index contributed by atoms with van der Waals surface area (Å²) >= 11 is 0. The second-order valence-electron chi connectivity index (χ2n) is 8.97. The Bertz CT molecular complexity index is 1690. The van der Waals surface area contributed by atoms with Crippen LogP contribution in [0.5, 0.6) is 0 Å². The van der Waals surface area contributed by atoms with Crippen LogP contribution in [0.15, 0.2) is 73.3 Å². The van der Waals surface area contributed by atoms with Crippen molar-refractivity contribution in [2.24, 2.45) is 0 Å². The molecular weight excluding hydrogens is 512 g/mol. The minimum Gasteiger partial charge on any atom is -0.339 e. The number of non-ortho nitro benzene ring substituents is 1. The second-order valence-corrected chi connectivity index (χ2v) is 8.97. The van der Waals surface area contributed by atoms with Crippen LogP contribution in [0.4, 0.5) is 11.4 Å². The molecule has 3 aromatic carbocycles. The van der Waals surface area contributed by atoms with Gasteiger partial charge in [0.05, 0.1) is 4.92 Å². The Morgan fingerprint density at radius 2 is 1.80 bits per heavy atom. The monoisotopic (exact) mass is 536 g/mol. The Morgan fingerprint density at radius 3 is 2.50 bits per heavy atom. The van der Waals surface area contributed by atoms with Gasteiger partial charge in [-0.15, -0.1) is 0 Å². The average Bonchev–Trinajstić information content (AvgIpc) is 3.59. The molecule has 200 valence electrons. The van der Waals surface area contributed by atoms with Crippen molar-refractivity contribution in [2.75, 3.05) is 18.4 Å². The maximum atomic E-state index is 13.4. The zero-order chi connectivity index (χ0) is 28.4. The van der Waals surface area contributed by atoms with E-state index in [0.717, 1.165) is 0 Å². The molecule has 40 heavy (non-hydrogen) atoms. The molecule has 0 atom stereocenters. The van der Waals surface area contributed by atoms with Crippen LogP contribution >= 0.6 is 0 Å². The molecule has 0 unspecified atom stereocenters. The van der Waals surface area contributed by atoms with Crippen LogP contribution in [0.3, 0.4) is 0 Å². The van der Waals surface area contributed by atoms with E-state index in [2.05, 4.69) is 15.4 Å². The van der Waals surface area contributed by atoms with E-state index in [1.54, 1.807) is 47.4 Å². The van der Waals surface area contributed by atoms with Crippen LogP contribution in [-0.4, -0.2) is 55.3 Å². The summed E-state index contributed by atoms with van der Waals surface area (Å²) in [5.41, 5.74) is 3.18.